The normalized spacial score (nSPS) is 20.0. The smallest absolute Gasteiger partial charge is 0.317 e. The quantitative estimate of drug-likeness (QED) is 0.882. The molecule has 1 aromatic rings. The summed E-state index contributed by atoms with van der Waals surface area (Å²) in [6, 6.07) is 2.13. The highest BCUT2D eigenvalue weighted by Crippen LogP contribution is 2.23. The zero-order valence-corrected chi connectivity index (χ0v) is 17.4. The predicted molar refractivity (Wildman–Crippen MR) is 110 cm³/mol. The van der Waals surface area contributed by atoms with E-state index in [0.717, 1.165) is 45.2 Å². The maximum atomic E-state index is 12.7. The minimum atomic E-state index is 0.00573. The summed E-state index contributed by atoms with van der Waals surface area (Å²) in [5, 5.41) is 3.18. The second-order valence-electron chi connectivity index (χ2n) is 8.78. The molecule has 6 nitrogen and oxygen atoms in total. The van der Waals surface area contributed by atoms with E-state index in [0.29, 0.717) is 6.54 Å². The lowest BCUT2D eigenvalue weighted by atomic mass is 9.93. The molecule has 150 valence electrons. The molecule has 2 aliphatic rings. The molecule has 0 unspecified atom stereocenters. The Morgan fingerprint density at radius 2 is 1.85 bits per heavy atom. The maximum Gasteiger partial charge on any atom is 0.317 e. The van der Waals surface area contributed by atoms with Crippen LogP contribution < -0.4 is 10.2 Å². The van der Waals surface area contributed by atoms with E-state index in [1.807, 2.05) is 17.3 Å². The summed E-state index contributed by atoms with van der Waals surface area (Å²) < 4.78 is 0. The van der Waals surface area contributed by atoms with Gasteiger partial charge in [-0.25, -0.2) is 4.79 Å². The molecule has 6 heteroatoms. The number of carbonyl (C=O) groups excluding carboxylic acids is 1. The number of likely N-dealkylation sites (tertiary alicyclic amines) is 1. The Balaban J connectivity index is 1.46. The summed E-state index contributed by atoms with van der Waals surface area (Å²) >= 11 is 0. The molecule has 1 aromatic heterocycles. The molecule has 2 amide bonds. The number of hydrogen-bond acceptors (Lipinski definition) is 4. The number of urea groups is 1. The monoisotopic (exact) mass is 373 g/mol. The Morgan fingerprint density at radius 3 is 2.48 bits per heavy atom. The Labute approximate surface area is 163 Å². The van der Waals surface area contributed by atoms with Crippen molar-refractivity contribution in [1.82, 2.24) is 20.1 Å². The lowest BCUT2D eigenvalue weighted by Crippen LogP contribution is -2.57. The fraction of sp³-hybridized carbons (Fsp3) is 0.714. The summed E-state index contributed by atoms with van der Waals surface area (Å²) in [6.45, 7) is 15.1. The lowest BCUT2D eigenvalue weighted by molar-refractivity contribution is 0.0775. The second-order valence-corrected chi connectivity index (χ2v) is 8.78. The van der Waals surface area contributed by atoms with Gasteiger partial charge in [-0.3, -0.25) is 9.88 Å². The Kier molecular flexibility index (Phi) is 6.25. The van der Waals surface area contributed by atoms with Crippen LogP contribution in [0.2, 0.25) is 0 Å². The van der Waals surface area contributed by atoms with Crippen LogP contribution in [0.15, 0.2) is 18.5 Å². The highest BCUT2D eigenvalue weighted by Gasteiger charge is 2.31. The number of aromatic nitrogens is 1. The molecular formula is C21H35N5O. The van der Waals surface area contributed by atoms with Gasteiger partial charge in [-0.05, 0) is 64.3 Å². The van der Waals surface area contributed by atoms with Crippen molar-refractivity contribution in [3.63, 3.8) is 0 Å². The van der Waals surface area contributed by atoms with E-state index in [1.165, 1.54) is 24.1 Å². The minimum absolute atomic E-state index is 0.00573. The van der Waals surface area contributed by atoms with E-state index < -0.39 is 0 Å². The molecule has 3 heterocycles. The molecule has 0 aliphatic carbocycles. The molecular weight excluding hydrogens is 338 g/mol. The van der Waals surface area contributed by atoms with E-state index in [9.17, 15) is 4.79 Å². The molecule has 0 aromatic carbocycles. The summed E-state index contributed by atoms with van der Waals surface area (Å²) in [6.07, 6.45) is 6.25. The molecule has 0 saturated carbocycles. The first-order chi connectivity index (χ1) is 12.9. The first kappa shape index (κ1) is 19.9. The highest BCUT2D eigenvalue weighted by molar-refractivity contribution is 5.74. The maximum absolute atomic E-state index is 12.7. The van der Waals surface area contributed by atoms with Crippen LogP contribution in [-0.2, 0) is 0 Å². The van der Waals surface area contributed by atoms with Gasteiger partial charge in [0.05, 0.1) is 0 Å². The van der Waals surface area contributed by atoms with Crippen molar-refractivity contribution in [3.8, 4) is 0 Å². The number of aryl methyl sites for hydroxylation is 1. The standard InChI is InChI=1S/C21H35N5O/c1-17-6-9-26(10-7-17)21(3,4)16-23-20(27)25-13-11-24(12-14-25)19-5-8-22-15-18(19)2/h5,8,15,17H,6-7,9-14,16H2,1-4H3,(H,23,27). The van der Waals surface area contributed by atoms with Gasteiger partial charge in [-0.1, -0.05) is 6.92 Å². The molecule has 2 aliphatic heterocycles. The lowest BCUT2D eigenvalue weighted by Gasteiger charge is -2.43. The SMILES string of the molecule is Cc1cnccc1N1CCN(C(=O)NCC(C)(C)N2CCC(C)CC2)CC1. The summed E-state index contributed by atoms with van der Waals surface area (Å²) in [4.78, 5) is 23.6. The van der Waals surface area contributed by atoms with Gasteiger partial charge in [-0.15, -0.1) is 0 Å². The first-order valence-corrected chi connectivity index (χ1v) is 10.3. The number of amides is 2. The van der Waals surface area contributed by atoms with Crippen molar-refractivity contribution < 1.29 is 4.79 Å². The van der Waals surface area contributed by atoms with Gasteiger partial charge in [-0.2, -0.15) is 0 Å². The average Bonchev–Trinajstić information content (AvgIpc) is 2.67. The van der Waals surface area contributed by atoms with E-state index in [1.54, 1.807) is 0 Å². The molecule has 2 saturated heterocycles. The summed E-state index contributed by atoms with van der Waals surface area (Å²) in [5.74, 6) is 0.826. The van der Waals surface area contributed by atoms with Crippen LogP contribution in [0.1, 0.15) is 39.2 Å². The van der Waals surface area contributed by atoms with Crippen molar-refractivity contribution in [2.75, 3.05) is 50.7 Å². The number of hydrogen-bond donors (Lipinski definition) is 1. The summed E-state index contributed by atoms with van der Waals surface area (Å²) in [7, 11) is 0. The van der Waals surface area contributed by atoms with Gasteiger partial charge in [0, 0.05) is 56.3 Å². The fourth-order valence-electron chi connectivity index (χ4n) is 4.10. The summed E-state index contributed by atoms with van der Waals surface area (Å²) in [5.41, 5.74) is 2.42. The molecule has 0 radical (unpaired) electrons. The number of anilines is 1. The second kappa shape index (κ2) is 8.46. The highest BCUT2D eigenvalue weighted by atomic mass is 16.2. The third kappa shape index (κ3) is 4.92. The molecule has 0 bridgehead atoms. The zero-order chi connectivity index (χ0) is 19.4. The van der Waals surface area contributed by atoms with Gasteiger partial charge in [0.25, 0.3) is 0 Å². The van der Waals surface area contributed by atoms with Crippen molar-refractivity contribution in [2.24, 2.45) is 5.92 Å². The average molecular weight is 374 g/mol. The number of carbonyl (C=O) groups is 1. The van der Waals surface area contributed by atoms with Crippen LogP contribution in [0.3, 0.4) is 0 Å². The molecule has 0 atom stereocenters. The van der Waals surface area contributed by atoms with E-state index in [4.69, 9.17) is 0 Å². The van der Waals surface area contributed by atoms with E-state index in [-0.39, 0.29) is 11.6 Å². The number of pyridine rings is 1. The number of piperidine rings is 1. The van der Waals surface area contributed by atoms with Gasteiger partial charge in [0.2, 0.25) is 0 Å². The zero-order valence-electron chi connectivity index (χ0n) is 17.4. The van der Waals surface area contributed by atoms with Crippen LogP contribution in [0, 0.1) is 12.8 Å². The third-order valence-electron chi connectivity index (χ3n) is 6.21. The van der Waals surface area contributed by atoms with Crippen LogP contribution >= 0.6 is 0 Å². The molecule has 0 spiro atoms. The topological polar surface area (TPSA) is 51.7 Å². The number of nitrogens with zero attached hydrogens (tertiary/aromatic N) is 4. The van der Waals surface area contributed by atoms with E-state index >= 15 is 0 Å². The Bertz CT molecular complexity index is 631. The number of rotatable bonds is 4. The van der Waals surface area contributed by atoms with Crippen molar-refractivity contribution >= 4 is 11.7 Å². The largest absolute Gasteiger partial charge is 0.368 e. The molecule has 2 fully saturated rings. The van der Waals surface area contributed by atoms with Crippen LogP contribution in [-0.4, -0.2) is 72.2 Å². The van der Waals surface area contributed by atoms with Crippen molar-refractivity contribution in [1.29, 1.82) is 0 Å². The van der Waals surface area contributed by atoms with Crippen LogP contribution in [0.25, 0.3) is 0 Å². The fourth-order valence-corrected chi connectivity index (χ4v) is 4.10. The number of piperazine rings is 1. The molecule has 1 N–H and O–H groups in total. The first-order valence-electron chi connectivity index (χ1n) is 10.3. The van der Waals surface area contributed by atoms with Gasteiger partial charge in [0.1, 0.15) is 0 Å². The van der Waals surface area contributed by atoms with Gasteiger partial charge < -0.3 is 15.1 Å². The van der Waals surface area contributed by atoms with Crippen molar-refractivity contribution in [2.45, 2.75) is 46.1 Å². The van der Waals surface area contributed by atoms with Crippen LogP contribution in [0.5, 0.6) is 0 Å². The number of nitrogens with one attached hydrogen (secondary N) is 1. The molecule has 3 rings (SSSR count). The minimum Gasteiger partial charge on any atom is -0.368 e. The third-order valence-corrected chi connectivity index (χ3v) is 6.21. The van der Waals surface area contributed by atoms with Crippen LogP contribution in [0.4, 0.5) is 10.5 Å². The van der Waals surface area contributed by atoms with Gasteiger partial charge >= 0.3 is 6.03 Å². The van der Waals surface area contributed by atoms with Gasteiger partial charge in [0.15, 0.2) is 0 Å². The molecule has 27 heavy (non-hydrogen) atoms. The Hall–Kier alpha value is -1.82. The predicted octanol–water partition coefficient (Wildman–Crippen LogP) is 2.73. The van der Waals surface area contributed by atoms with E-state index in [2.05, 4.69) is 53.9 Å². The Morgan fingerprint density at radius 1 is 1.19 bits per heavy atom. The van der Waals surface area contributed by atoms with Crippen molar-refractivity contribution in [3.05, 3.63) is 24.0 Å².